The molecule has 42 valence electrons. The monoisotopic (exact) mass is 103 g/mol. The Labute approximate surface area is 42.3 Å². The summed E-state index contributed by atoms with van der Waals surface area (Å²) in [7, 11) is 0. The van der Waals surface area contributed by atoms with E-state index in [1.165, 1.54) is 0 Å². The van der Waals surface area contributed by atoms with Gasteiger partial charge < -0.3 is 9.57 Å². The minimum Gasteiger partial charge on any atom is -0.381 e. The van der Waals surface area contributed by atoms with E-state index in [1.807, 2.05) is 0 Å². The Morgan fingerprint density at radius 2 is 2.43 bits per heavy atom. The number of hydrogen-bond acceptors (Lipinski definition) is 3. The minimum absolute atomic E-state index is 0.560. The van der Waals surface area contributed by atoms with Crippen molar-refractivity contribution in [1.82, 2.24) is 0 Å². The molecule has 0 spiro atoms. The SMILES string of the molecule is NOCC1COC1. The van der Waals surface area contributed by atoms with Gasteiger partial charge in [0.1, 0.15) is 0 Å². The van der Waals surface area contributed by atoms with E-state index in [2.05, 4.69) is 4.84 Å². The summed E-state index contributed by atoms with van der Waals surface area (Å²) in [5.74, 6) is 5.34. The summed E-state index contributed by atoms with van der Waals surface area (Å²) < 4.78 is 4.85. The number of ether oxygens (including phenoxy) is 1. The second-order valence-electron chi connectivity index (χ2n) is 1.74. The molecule has 0 unspecified atom stereocenters. The van der Waals surface area contributed by atoms with Gasteiger partial charge >= 0.3 is 0 Å². The summed E-state index contributed by atoms with van der Waals surface area (Å²) >= 11 is 0. The summed E-state index contributed by atoms with van der Waals surface area (Å²) in [5.41, 5.74) is 0. The summed E-state index contributed by atoms with van der Waals surface area (Å²) in [6.45, 7) is 2.27. The Bertz CT molecular complexity index is 53.7. The Hall–Kier alpha value is -0.120. The predicted octanol–water partition coefficient (Wildman–Crippen LogP) is -0.477. The van der Waals surface area contributed by atoms with E-state index in [-0.39, 0.29) is 0 Å². The van der Waals surface area contributed by atoms with Crippen LogP contribution < -0.4 is 5.90 Å². The van der Waals surface area contributed by atoms with Gasteiger partial charge in [0.2, 0.25) is 0 Å². The average molecular weight is 103 g/mol. The fraction of sp³-hybridized carbons (Fsp3) is 1.00. The fourth-order valence-corrected chi connectivity index (χ4v) is 0.517. The molecule has 1 rings (SSSR count). The van der Waals surface area contributed by atoms with Gasteiger partial charge in [-0.25, -0.2) is 5.90 Å². The maximum atomic E-state index is 4.85. The molecule has 0 amide bonds. The van der Waals surface area contributed by atoms with Gasteiger partial charge in [0.25, 0.3) is 0 Å². The summed E-state index contributed by atoms with van der Waals surface area (Å²) in [5, 5.41) is 0. The lowest BCUT2D eigenvalue weighted by Crippen LogP contribution is -2.32. The van der Waals surface area contributed by atoms with E-state index < -0.39 is 0 Å². The normalized spacial score (nSPS) is 21.9. The molecule has 0 atom stereocenters. The average Bonchev–Trinajstić information content (AvgIpc) is 1.55. The molecule has 1 aliphatic rings. The molecule has 3 heteroatoms. The van der Waals surface area contributed by atoms with Crippen molar-refractivity contribution in [3.05, 3.63) is 0 Å². The van der Waals surface area contributed by atoms with E-state index in [0.717, 1.165) is 13.2 Å². The van der Waals surface area contributed by atoms with Crippen LogP contribution in [0.15, 0.2) is 0 Å². The van der Waals surface area contributed by atoms with Crippen molar-refractivity contribution >= 4 is 0 Å². The van der Waals surface area contributed by atoms with Crippen LogP contribution in [0.25, 0.3) is 0 Å². The summed E-state index contributed by atoms with van der Waals surface area (Å²) in [4.78, 5) is 4.37. The molecule has 1 aliphatic heterocycles. The quantitative estimate of drug-likeness (QED) is 0.480. The van der Waals surface area contributed by atoms with Crippen LogP contribution >= 0.6 is 0 Å². The molecular weight excluding hydrogens is 94.0 g/mol. The van der Waals surface area contributed by atoms with Gasteiger partial charge in [-0.2, -0.15) is 0 Å². The lowest BCUT2D eigenvalue weighted by molar-refractivity contribution is -0.0722. The molecule has 0 radical (unpaired) electrons. The molecule has 2 N–H and O–H groups in total. The fourth-order valence-electron chi connectivity index (χ4n) is 0.517. The van der Waals surface area contributed by atoms with Crippen molar-refractivity contribution in [2.45, 2.75) is 0 Å². The molecule has 0 saturated carbocycles. The zero-order valence-electron chi connectivity index (χ0n) is 4.09. The number of hydrogen-bond donors (Lipinski definition) is 1. The van der Waals surface area contributed by atoms with Gasteiger partial charge in [-0.1, -0.05) is 0 Å². The first-order chi connectivity index (χ1) is 3.43. The maximum Gasteiger partial charge on any atom is 0.0751 e. The standard InChI is InChI=1S/C4H9NO2/c5-7-3-4-1-6-2-4/h4H,1-3,5H2. The van der Waals surface area contributed by atoms with Crippen molar-refractivity contribution in [3.8, 4) is 0 Å². The van der Waals surface area contributed by atoms with E-state index in [4.69, 9.17) is 10.6 Å². The third-order valence-corrected chi connectivity index (χ3v) is 1.04. The van der Waals surface area contributed by atoms with Gasteiger partial charge in [0, 0.05) is 5.92 Å². The number of nitrogens with two attached hydrogens (primary N) is 1. The van der Waals surface area contributed by atoms with Gasteiger partial charge in [0.15, 0.2) is 0 Å². The molecule has 3 nitrogen and oxygen atoms in total. The second kappa shape index (κ2) is 2.26. The van der Waals surface area contributed by atoms with Crippen molar-refractivity contribution in [2.24, 2.45) is 11.8 Å². The molecule has 1 fully saturated rings. The Balaban J connectivity index is 1.93. The maximum absolute atomic E-state index is 4.85. The van der Waals surface area contributed by atoms with E-state index in [1.54, 1.807) is 0 Å². The highest BCUT2D eigenvalue weighted by atomic mass is 16.6. The van der Waals surface area contributed by atoms with Crippen molar-refractivity contribution in [1.29, 1.82) is 0 Å². The highest BCUT2D eigenvalue weighted by molar-refractivity contribution is 4.62. The third kappa shape index (κ3) is 1.12. The first-order valence-corrected chi connectivity index (χ1v) is 2.33. The van der Waals surface area contributed by atoms with Crippen molar-refractivity contribution in [3.63, 3.8) is 0 Å². The molecule has 0 aliphatic carbocycles. The second-order valence-corrected chi connectivity index (χ2v) is 1.74. The van der Waals surface area contributed by atoms with Crippen molar-refractivity contribution in [2.75, 3.05) is 19.8 Å². The molecule has 7 heavy (non-hydrogen) atoms. The van der Waals surface area contributed by atoms with Gasteiger partial charge in [0.05, 0.1) is 19.8 Å². The van der Waals surface area contributed by atoms with Crippen LogP contribution in [0, 0.1) is 5.92 Å². The molecule has 0 aromatic heterocycles. The molecule has 0 bridgehead atoms. The Morgan fingerprint density at radius 1 is 1.71 bits per heavy atom. The summed E-state index contributed by atoms with van der Waals surface area (Å²) in [6, 6.07) is 0. The van der Waals surface area contributed by atoms with Gasteiger partial charge in [-0.05, 0) is 0 Å². The van der Waals surface area contributed by atoms with Crippen LogP contribution in [0.2, 0.25) is 0 Å². The lowest BCUT2D eigenvalue weighted by atomic mass is 10.1. The van der Waals surface area contributed by atoms with Crippen LogP contribution in [0.3, 0.4) is 0 Å². The molecule has 0 aromatic rings. The van der Waals surface area contributed by atoms with E-state index >= 15 is 0 Å². The zero-order valence-corrected chi connectivity index (χ0v) is 4.09. The summed E-state index contributed by atoms with van der Waals surface area (Å²) in [6.07, 6.45) is 0. The van der Waals surface area contributed by atoms with Crippen LogP contribution in [-0.2, 0) is 9.57 Å². The van der Waals surface area contributed by atoms with Crippen LogP contribution in [-0.4, -0.2) is 19.8 Å². The smallest absolute Gasteiger partial charge is 0.0751 e. The largest absolute Gasteiger partial charge is 0.381 e. The van der Waals surface area contributed by atoms with Gasteiger partial charge in [-0.3, -0.25) is 0 Å². The molecule has 1 heterocycles. The van der Waals surface area contributed by atoms with E-state index in [9.17, 15) is 0 Å². The Kier molecular flexibility index (Phi) is 1.62. The topological polar surface area (TPSA) is 44.5 Å². The highest BCUT2D eigenvalue weighted by Crippen LogP contribution is 2.07. The minimum atomic E-state index is 0.560. The molecular formula is C4H9NO2. The van der Waals surface area contributed by atoms with Crippen LogP contribution in [0.1, 0.15) is 0 Å². The number of rotatable bonds is 2. The molecule has 0 aromatic carbocycles. The predicted molar refractivity (Wildman–Crippen MR) is 24.4 cm³/mol. The lowest BCUT2D eigenvalue weighted by Gasteiger charge is -2.24. The van der Waals surface area contributed by atoms with Crippen molar-refractivity contribution < 1.29 is 9.57 Å². The molecule has 1 saturated heterocycles. The van der Waals surface area contributed by atoms with E-state index in [0.29, 0.717) is 12.5 Å². The first kappa shape index (κ1) is 5.03. The van der Waals surface area contributed by atoms with Crippen LogP contribution in [0.5, 0.6) is 0 Å². The Morgan fingerprint density at radius 3 is 2.57 bits per heavy atom. The van der Waals surface area contributed by atoms with Crippen LogP contribution in [0.4, 0.5) is 0 Å². The third-order valence-electron chi connectivity index (χ3n) is 1.04. The first-order valence-electron chi connectivity index (χ1n) is 2.33. The highest BCUT2D eigenvalue weighted by Gasteiger charge is 2.17. The zero-order chi connectivity index (χ0) is 5.11. The van der Waals surface area contributed by atoms with Gasteiger partial charge in [-0.15, -0.1) is 0 Å².